The van der Waals surface area contributed by atoms with Crippen LogP contribution >= 0.6 is 0 Å². The van der Waals surface area contributed by atoms with Crippen molar-refractivity contribution in [2.45, 2.75) is 12.8 Å². The lowest BCUT2D eigenvalue weighted by molar-refractivity contribution is 0.261. The van der Waals surface area contributed by atoms with Crippen molar-refractivity contribution in [3.8, 4) is 5.75 Å². The molecular formula is C27H31NO2. The van der Waals surface area contributed by atoms with Crippen molar-refractivity contribution in [2.75, 3.05) is 33.9 Å². The number of rotatable bonds is 10. The standard InChI is InChI=1S/C27H31NO2/c1-28(2)19-21-30-25-17-15-24(16-18-25)27(23-12-7-4-8-13-23)26(14-9-20-29)22-10-5-3-6-11-22/h3-8,10-13,15-18,29H,9,14,19-21H2,1-2H3/b27-26-. The van der Waals surface area contributed by atoms with E-state index in [0.29, 0.717) is 6.61 Å². The molecule has 0 aliphatic rings. The second kappa shape index (κ2) is 11.3. The largest absolute Gasteiger partial charge is 0.492 e. The summed E-state index contributed by atoms with van der Waals surface area (Å²) in [6, 6.07) is 29.3. The zero-order valence-electron chi connectivity index (χ0n) is 17.9. The van der Waals surface area contributed by atoms with Gasteiger partial charge < -0.3 is 14.7 Å². The lowest BCUT2D eigenvalue weighted by Gasteiger charge is -2.18. The van der Waals surface area contributed by atoms with E-state index in [0.717, 1.165) is 30.7 Å². The Morgan fingerprint density at radius 2 is 1.33 bits per heavy atom. The molecule has 0 spiro atoms. The minimum atomic E-state index is 0.178. The molecule has 0 heterocycles. The summed E-state index contributed by atoms with van der Waals surface area (Å²) < 4.78 is 5.88. The number of benzene rings is 3. The van der Waals surface area contributed by atoms with Crippen molar-refractivity contribution in [1.82, 2.24) is 4.90 Å². The van der Waals surface area contributed by atoms with Crippen molar-refractivity contribution in [2.24, 2.45) is 0 Å². The average molecular weight is 402 g/mol. The van der Waals surface area contributed by atoms with E-state index in [1.165, 1.54) is 22.3 Å². The molecule has 3 aromatic carbocycles. The molecule has 30 heavy (non-hydrogen) atoms. The second-order valence-corrected chi connectivity index (χ2v) is 7.59. The van der Waals surface area contributed by atoms with Gasteiger partial charge in [0, 0.05) is 13.2 Å². The lowest BCUT2D eigenvalue weighted by atomic mass is 9.87. The minimum Gasteiger partial charge on any atom is -0.492 e. The van der Waals surface area contributed by atoms with Crippen LogP contribution in [0.2, 0.25) is 0 Å². The molecule has 0 radical (unpaired) electrons. The van der Waals surface area contributed by atoms with Gasteiger partial charge in [-0.25, -0.2) is 0 Å². The van der Waals surface area contributed by atoms with Gasteiger partial charge in [-0.05, 0) is 66.9 Å². The molecule has 3 aromatic rings. The highest BCUT2D eigenvalue weighted by Gasteiger charge is 2.14. The van der Waals surface area contributed by atoms with Gasteiger partial charge in [0.15, 0.2) is 0 Å². The van der Waals surface area contributed by atoms with Crippen LogP contribution in [0.15, 0.2) is 84.9 Å². The van der Waals surface area contributed by atoms with Gasteiger partial charge in [-0.1, -0.05) is 72.8 Å². The summed E-state index contributed by atoms with van der Waals surface area (Å²) in [5.41, 5.74) is 5.97. The molecular weight excluding hydrogens is 370 g/mol. The third-order valence-electron chi connectivity index (χ3n) is 5.02. The van der Waals surface area contributed by atoms with Crippen LogP contribution in [0.5, 0.6) is 5.75 Å². The first-order valence-corrected chi connectivity index (χ1v) is 10.5. The first kappa shape index (κ1) is 21.8. The van der Waals surface area contributed by atoms with Crippen LogP contribution in [0.1, 0.15) is 29.5 Å². The van der Waals surface area contributed by atoms with Crippen molar-refractivity contribution < 1.29 is 9.84 Å². The number of allylic oxidation sites excluding steroid dienone is 1. The molecule has 0 aromatic heterocycles. The van der Waals surface area contributed by atoms with E-state index in [9.17, 15) is 5.11 Å². The first-order chi connectivity index (χ1) is 14.7. The summed E-state index contributed by atoms with van der Waals surface area (Å²) >= 11 is 0. The van der Waals surface area contributed by atoms with Crippen LogP contribution in [0.3, 0.4) is 0 Å². The number of aliphatic hydroxyl groups is 1. The Kier molecular flexibility index (Phi) is 8.25. The Morgan fingerprint density at radius 1 is 0.767 bits per heavy atom. The number of aliphatic hydroxyl groups excluding tert-OH is 1. The van der Waals surface area contributed by atoms with Crippen molar-refractivity contribution in [3.05, 3.63) is 102 Å². The third-order valence-corrected chi connectivity index (χ3v) is 5.02. The Labute approximate surface area is 180 Å². The van der Waals surface area contributed by atoms with Crippen LogP contribution in [0.25, 0.3) is 11.1 Å². The zero-order valence-corrected chi connectivity index (χ0v) is 17.9. The normalized spacial score (nSPS) is 12.0. The highest BCUT2D eigenvalue weighted by Crippen LogP contribution is 2.35. The van der Waals surface area contributed by atoms with E-state index in [1.54, 1.807) is 0 Å². The molecule has 3 rings (SSSR count). The van der Waals surface area contributed by atoms with Gasteiger partial charge in [-0.2, -0.15) is 0 Å². The van der Waals surface area contributed by atoms with Gasteiger partial charge in [0.2, 0.25) is 0 Å². The summed E-state index contributed by atoms with van der Waals surface area (Å²) in [5.74, 6) is 0.879. The lowest BCUT2D eigenvalue weighted by Crippen LogP contribution is -2.19. The predicted octanol–water partition coefficient (Wildman–Crippen LogP) is 5.36. The molecule has 0 bridgehead atoms. The molecule has 0 aliphatic carbocycles. The van der Waals surface area contributed by atoms with E-state index in [4.69, 9.17) is 4.74 Å². The number of ether oxygens (including phenoxy) is 1. The topological polar surface area (TPSA) is 32.7 Å². The van der Waals surface area contributed by atoms with E-state index in [1.807, 2.05) is 38.4 Å². The molecule has 0 aliphatic heterocycles. The van der Waals surface area contributed by atoms with Gasteiger partial charge in [-0.15, -0.1) is 0 Å². The summed E-state index contributed by atoms with van der Waals surface area (Å²) in [6.45, 7) is 1.73. The predicted molar refractivity (Wildman–Crippen MR) is 126 cm³/mol. The molecule has 0 saturated heterocycles. The van der Waals surface area contributed by atoms with Gasteiger partial charge in [0.25, 0.3) is 0 Å². The van der Waals surface area contributed by atoms with Crippen LogP contribution in [0, 0.1) is 0 Å². The first-order valence-electron chi connectivity index (χ1n) is 10.5. The van der Waals surface area contributed by atoms with Gasteiger partial charge in [0.05, 0.1) is 0 Å². The summed E-state index contributed by atoms with van der Waals surface area (Å²) in [7, 11) is 4.09. The average Bonchev–Trinajstić information content (AvgIpc) is 2.78. The number of hydrogen-bond acceptors (Lipinski definition) is 3. The maximum atomic E-state index is 9.50. The second-order valence-electron chi connectivity index (χ2n) is 7.59. The van der Waals surface area contributed by atoms with E-state index in [-0.39, 0.29) is 6.61 Å². The Balaban J connectivity index is 2.03. The summed E-state index contributed by atoms with van der Waals surface area (Å²) in [5, 5.41) is 9.50. The third kappa shape index (κ3) is 6.06. The quantitative estimate of drug-likeness (QED) is 0.464. The molecule has 0 amide bonds. The fourth-order valence-corrected chi connectivity index (χ4v) is 3.49. The SMILES string of the molecule is CN(C)CCOc1ccc(/C(=C(/CCCO)c2ccccc2)c2ccccc2)cc1. The number of nitrogens with zero attached hydrogens (tertiary/aromatic N) is 1. The zero-order chi connectivity index (χ0) is 21.2. The van der Waals surface area contributed by atoms with Gasteiger partial charge in [0.1, 0.15) is 12.4 Å². The fourth-order valence-electron chi connectivity index (χ4n) is 3.49. The highest BCUT2D eigenvalue weighted by molar-refractivity contribution is 5.98. The van der Waals surface area contributed by atoms with E-state index >= 15 is 0 Å². The molecule has 3 nitrogen and oxygen atoms in total. The van der Waals surface area contributed by atoms with Crippen molar-refractivity contribution in [1.29, 1.82) is 0 Å². The molecule has 0 unspecified atom stereocenters. The molecule has 0 saturated carbocycles. The summed E-state index contributed by atoms with van der Waals surface area (Å²) in [4.78, 5) is 2.11. The molecule has 0 fully saturated rings. The molecule has 156 valence electrons. The molecule has 1 N–H and O–H groups in total. The van der Waals surface area contributed by atoms with E-state index < -0.39 is 0 Å². The van der Waals surface area contributed by atoms with Gasteiger partial charge >= 0.3 is 0 Å². The van der Waals surface area contributed by atoms with Crippen molar-refractivity contribution in [3.63, 3.8) is 0 Å². The highest BCUT2D eigenvalue weighted by atomic mass is 16.5. The molecule has 0 atom stereocenters. The van der Waals surface area contributed by atoms with Gasteiger partial charge in [-0.3, -0.25) is 0 Å². The monoisotopic (exact) mass is 401 g/mol. The molecule has 3 heteroatoms. The summed E-state index contributed by atoms with van der Waals surface area (Å²) in [6.07, 6.45) is 1.54. The Hall–Kier alpha value is -2.88. The smallest absolute Gasteiger partial charge is 0.119 e. The van der Waals surface area contributed by atoms with Crippen LogP contribution in [0.4, 0.5) is 0 Å². The van der Waals surface area contributed by atoms with Crippen molar-refractivity contribution >= 4 is 11.1 Å². The number of likely N-dealkylation sites (N-methyl/N-ethyl adjacent to an activating group) is 1. The fraction of sp³-hybridized carbons (Fsp3) is 0.259. The maximum absolute atomic E-state index is 9.50. The maximum Gasteiger partial charge on any atom is 0.119 e. The Morgan fingerprint density at radius 3 is 1.90 bits per heavy atom. The number of hydrogen-bond donors (Lipinski definition) is 1. The minimum absolute atomic E-state index is 0.178. The van der Waals surface area contributed by atoms with Crippen LogP contribution in [-0.2, 0) is 0 Å². The Bertz CT molecular complexity index is 916. The van der Waals surface area contributed by atoms with E-state index in [2.05, 4.69) is 65.6 Å². The van der Waals surface area contributed by atoms with Crippen LogP contribution < -0.4 is 4.74 Å². The van der Waals surface area contributed by atoms with Crippen LogP contribution in [-0.4, -0.2) is 43.9 Å².